The van der Waals surface area contributed by atoms with Gasteiger partial charge in [0.05, 0.1) is 22.9 Å². The van der Waals surface area contributed by atoms with Gasteiger partial charge in [0.25, 0.3) is 5.56 Å². The molecule has 0 radical (unpaired) electrons. The van der Waals surface area contributed by atoms with E-state index >= 15 is 0 Å². The number of benzene rings is 1. The average Bonchev–Trinajstić information content (AvgIpc) is 3.15. The second kappa shape index (κ2) is 7.62. The van der Waals surface area contributed by atoms with Crippen molar-refractivity contribution in [2.75, 3.05) is 20.3 Å². The first kappa shape index (κ1) is 17.4. The van der Waals surface area contributed by atoms with E-state index in [1.54, 1.807) is 29.0 Å². The van der Waals surface area contributed by atoms with E-state index in [0.29, 0.717) is 25.1 Å². The monoisotopic (exact) mass is 360 g/mol. The first-order valence-corrected chi connectivity index (χ1v) is 8.69. The number of rotatable bonds is 7. The van der Waals surface area contributed by atoms with E-state index < -0.39 is 0 Å². The maximum Gasteiger partial charge on any atom is 0.268 e. The Morgan fingerprint density at radius 1 is 1.36 bits per heavy atom. The van der Waals surface area contributed by atoms with Crippen LogP contribution in [0.1, 0.15) is 5.56 Å². The second-order valence-corrected chi connectivity index (χ2v) is 6.82. The molecule has 7 nitrogen and oxygen atoms in total. The molecular formula is C17H20N4O3S. The number of carbonyl (C=O) groups is 1. The van der Waals surface area contributed by atoms with Gasteiger partial charge in [-0.3, -0.25) is 18.2 Å². The summed E-state index contributed by atoms with van der Waals surface area (Å²) in [4.78, 5) is 26.9. The Hall–Kier alpha value is -2.45. The predicted octanol–water partition coefficient (Wildman–Crippen LogP) is 1.47. The van der Waals surface area contributed by atoms with Crippen LogP contribution in [-0.2, 0) is 29.7 Å². The molecule has 0 bridgehead atoms. The van der Waals surface area contributed by atoms with Crippen molar-refractivity contribution in [1.82, 2.24) is 18.6 Å². The summed E-state index contributed by atoms with van der Waals surface area (Å²) >= 11 is 1.31. The molecule has 25 heavy (non-hydrogen) atoms. The van der Waals surface area contributed by atoms with Gasteiger partial charge in [0, 0.05) is 39.0 Å². The molecule has 0 saturated carbocycles. The smallest absolute Gasteiger partial charge is 0.268 e. The fourth-order valence-corrected chi connectivity index (χ4v) is 3.60. The summed E-state index contributed by atoms with van der Waals surface area (Å²) in [5.41, 5.74) is 0.817. The fourth-order valence-electron chi connectivity index (χ4n) is 2.61. The Morgan fingerprint density at radius 2 is 2.16 bits per heavy atom. The van der Waals surface area contributed by atoms with Crippen LogP contribution in [0.3, 0.4) is 0 Å². The van der Waals surface area contributed by atoms with E-state index in [9.17, 15) is 9.59 Å². The lowest BCUT2D eigenvalue weighted by Crippen LogP contribution is -2.37. The minimum atomic E-state index is -0.123. The zero-order valence-electron chi connectivity index (χ0n) is 14.2. The van der Waals surface area contributed by atoms with Crippen LogP contribution in [0.5, 0.6) is 0 Å². The molecule has 0 fully saturated rings. The van der Waals surface area contributed by atoms with Gasteiger partial charge < -0.3 is 9.64 Å². The van der Waals surface area contributed by atoms with Crippen LogP contribution >= 0.6 is 11.5 Å². The number of hydrogen-bond donors (Lipinski definition) is 0. The summed E-state index contributed by atoms with van der Waals surface area (Å²) in [5.74, 6) is -0.116. The predicted molar refractivity (Wildman–Crippen MR) is 96.6 cm³/mol. The number of carbonyl (C=O) groups excluding carboxylic acids is 1. The third-order valence-corrected chi connectivity index (χ3v) is 4.95. The summed E-state index contributed by atoms with van der Waals surface area (Å²) in [5, 5.41) is 4.78. The average molecular weight is 360 g/mol. The van der Waals surface area contributed by atoms with Crippen molar-refractivity contribution < 1.29 is 9.53 Å². The van der Waals surface area contributed by atoms with Crippen molar-refractivity contribution in [3.8, 4) is 0 Å². The Morgan fingerprint density at radius 3 is 2.84 bits per heavy atom. The first-order valence-electron chi connectivity index (χ1n) is 7.91. The second-order valence-electron chi connectivity index (χ2n) is 5.76. The third-order valence-electron chi connectivity index (χ3n) is 3.88. The van der Waals surface area contributed by atoms with Crippen molar-refractivity contribution >= 4 is 27.5 Å². The van der Waals surface area contributed by atoms with Gasteiger partial charge in [-0.2, -0.15) is 5.10 Å². The Kier molecular flexibility index (Phi) is 5.30. The van der Waals surface area contributed by atoms with E-state index in [4.69, 9.17) is 4.74 Å². The highest BCUT2D eigenvalue weighted by Crippen LogP contribution is 2.16. The number of ether oxygens (including phenoxy) is 1. The van der Waals surface area contributed by atoms with Crippen molar-refractivity contribution in [3.63, 3.8) is 0 Å². The normalized spacial score (nSPS) is 11.1. The highest BCUT2D eigenvalue weighted by Gasteiger charge is 2.17. The molecule has 2 heterocycles. The van der Waals surface area contributed by atoms with Crippen molar-refractivity contribution in [1.29, 1.82) is 0 Å². The SMILES string of the molecule is COCCN(Cc1cnn(C)c1)C(=O)Cn1sc2ccccc2c1=O. The topological polar surface area (TPSA) is 69.4 Å². The Bertz CT molecular complexity index is 927. The van der Waals surface area contributed by atoms with Gasteiger partial charge in [0.1, 0.15) is 6.54 Å². The van der Waals surface area contributed by atoms with E-state index in [1.165, 1.54) is 15.5 Å². The van der Waals surface area contributed by atoms with Gasteiger partial charge in [-0.05, 0) is 12.1 Å². The minimum Gasteiger partial charge on any atom is -0.383 e. The lowest BCUT2D eigenvalue weighted by molar-refractivity contribution is -0.133. The third kappa shape index (κ3) is 3.97. The zero-order chi connectivity index (χ0) is 17.8. The van der Waals surface area contributed by atoms with Crippen molar-refractivity contribution in [2.45, 2.75) is 13.1 Å². The van der Waals surface area contributed by atoms with Gasteiger partial charge in [0.15, 0.2) is 0 Å². The highest BCUT2D eigenvalue weighted by atomic mass is 32.1. The molecule has 1 aromatic carbocycles. The fraction of sp³-hybridized carbons (Fsp3) is 0.353. The standard InChI is InChI=1S/C17H20N4O3S/c1-19-10-13(9-18-19)11-20(7-8-24-2)16(22)12-21-17(23)14-5-3-4-6-15(14)25-21/h3-6,9-10H,7-8,11-12H2,1-2H3. The van der Waals surface area contributed by atoms with E-state index in [1.807, 2.05) is 31.4 Å². The summed E-state index contributed by atoms with van der Waals surface area (Å²) in [6.45, 7) is 1.37. The van der Waals surface area contributed by atoms with Gasteiger partial charge in [-0.15, -0.1) is 0 Å². The van der Waals surface area contributed by atoms with Crippen LogP contribution in [0.4, 0.5) is 0 Å². The van der Waals surface area contributed by atoms with Crippen molar-refractivity contribution in [3.05, 3.63) is 52.6 Å². The van der Waals surface area contributed by atoms with Gasteiger partial charge in [-0.1, -0.05) is 23.7 Å². The Labute approximate surface area is 149 Å². The molecule has 0 saturated heterocycles. The molecule has 0 spiro atoms. The summed E-state index contributed by atoms with van der Waals surface area (Å²) < 4.78 is 9.20. The van der Waals surface area contributed by atoms with Gasteiger partial charge >= 0.3 is 0 Å². The summed E-state index contributed by atoms with van der Waals surface area (Å²) in [6, 6.07) is 7.39. The highest BCUT2D eigenvalue weighted by molar-refractivity contribution is 7.13. The molecule has 0 aliphatic carbocycles. The molecule has 3 aromatic rings. The molecule has 0 unspecified atom stereocenters. The first-order chi connectivity index (χ1) is 12.1. The lowest BCUT2D eigenvalue weighted by Gasteiger charge is -2.21. The number of hydrogen-bond acceptors (Lipinski definition) is 5. The number of methoxy groups -OCH3 is 1. The van der Waals surface area contributed by atoms with Crippen LogP contribution in [-0.4, -0.2) is 44.8 Å². The van der Waals surface area contributed by atoms with Crippen LogP contribution in [0, 0.1) is 0 Å². The molecule has 0 aliphatic rings. The summed E-state index contributed by atoms with van der Waals surface area (Å²) in [6.07, 6.45) is 3.61. The lowest BCUT2D eigenvalue weighted by atomic mass is 10.3. The molecule has 0 atom stereocenters. The molecule has 0 N–H and O–H groups in total. The zero-order valence-corrected chi connectivity index (χ0v) is 15.0. The minimum absolute atomic E-state index is 0.0299. The molecule has 3 rings (SSSR count). The number of fused-ring (bicyclic) bond motifs is 1. The maximum atomic E-state index is 12.7. The molecular weight excluding hydrogens is 340 g/mol. The molecule has 0 aliphatic heterocycles. The number of nitrogens with zero attached hydrogens (tertiary/aromatic N) is 4. The van der Waals surface area contributed by atoms with E-state index in [0.717, 1.165) is 10.3 Å². The largest absolute Gasteiger partial charge is 0.383 e. The molecule has 2 aromatic heterocycles. The summed E-state index contributed by atoms with van der Waals surface area (Å²) in [7, 11) is 3.44. The number of amides is 1. The number of aryl methyl sites for hydroxylation is 1. The molecule has 132 valence electrons. The molecule has 8 heteroatoms. The maximum absolute atomic E-state index is 12.7. The Balaban J connectivity index is 1.78. The van der Waals surface area contributed by atoms with Crippen LogP contribution in [0.25, 0.3) is 10.1 Å². The van der Waals surface area contributed by atoms with Crippen LogP contribution < -0.4 is 5.56 Å². The van der Waals surface area contributed by atoms with E-state index in [2.05, 4.69) is 5.10 Å². The van der Waals surface area contributed by atoms with Crippen LogP contribution in [0.2, 0.25) is 0 Å². The van der Waals surface area contributed by atoms with E-state index in [-0.39, 0.29) is 18.0 Å². The molecule has 1 amide bonds. The number of aromatic nitrogens is 3. The van der Waals surface area contributed by atoms with Crippen molar-refractivity contribution in [2.24, 2.45) is 7.05 Å². The van der Waals surface area contributed by atoms with Gasteiger partial charge in [-0.25, -0.2) is 0 Å². The quantitative estimate of drug-likeness (QED) is 0.640. The van der Waals surface area contributed by atoms with Crippen LogP contribution in [0.15, 0.2) is 41.5 Å². The van der Waals surface area contributed by atoms with Gasteiger partial charge in [0.2, 0.25) is 5.91 Å².